The van der Waals surface area contributed by atoms with E-state index in [1.165, 1.54) is 5.56 Å². The molecule has 1 saturated heterocycles. The van der Waals surface area contributed by atoms with Gasteiger partial charge in [-0.3, -0.25) is 10.00 Å². The zero-order valence-corrected chi connectivity index (χ0v) is 14.5. The number of piperidine rings is 1. The van der Waals surface area contributed by atoms with E-state index in [2.05, 4.69) is 52.1 Å². The number of nitrogen functional groups attached to an aromatic ring is 1. The molecule has 1 unspecified atom stereocenters. The molecule has 2 heterocycles. The highest BCUT2D eigenvalue weighted by molar-refractivity contribution is 5.33. The molecule has 130 valence electrons. The lowest BCUT2D eigenvalue weighted by Gasteiger charge is -2.31. The van der Waals surface area contributed by atoms with Gasteiger partial charge in [-0.15, -0.1) is 5.10 Å². The van der Waals surface area contributed by atoms with Crippen LogP contribution in [0.4, 0.5) is 5.95 Å². The molecule has 6 nitrogen and oxygen atoms in total. The van der Waals surface area contributed by atoms with E-state index in [9.17, 15) is 0 Å². The van der Waals surface area contributed by atoms with Crippen molar-refractivity contribution < 1.29 is 4.74 Å². The Labute approximate surface area is 143 Å². The molecular weight excluding hydrogens is 302 g/mol. The number of nitrogens with one attached hydrogen (secondary N) is 1. The predicted molar refractivity (Wildman–Crippen MR) is 94.9 cm³/mol. The largest absolute Gasteiger partial charge is 0.490 e. The highest BCUT2D eigenvalue weighted by Gasteiger charge is 2.23. The zero-order chi connectivity index (χ0) is 16.9. The molecule has 1 aromatic carbocycles. The number of aromatic nitrogens is 3. The average Bonchev–Trinajstić information content (AvgIpc) is 3.03. The van der Waals surface area contributed by atoms with Gasteiger partial charge >= 0.3 is 0 Å². The lowest BCUT2D eigenvalue weighted by atomic mass is 9.96. The van der Waals surface area contributed by atoms with E-state index < -0.39 is 0 Å². The summed E-state index contributed by atoms with van der Waals surface area (Å²) < 4.78 is 6.07. The van der Waals surface area contributed by atoms with Crippen molar-refractivity contribution in [3.8, 4) is 5.75 Å². The normalized spacial score (nSPS) is 17.8. The number of H-pyrrole nitrogens is 1. The third-order valence-corrected chi connectivity index (χ3v) is 4.76. The molecule has 0 bridgehead atoms. The van der Waals surface area contributed by atoms with Gasteiger partial charge in [-0.2, -0.15) is 4.98 Å². The van der Waals surface area contributed by atoms with Gasteiger partial charge in [-0.1, -0.05) is 25.1 Å². The van der Waals surface area contributed by atoms with Crippen LogP contribution in [0.3, 0.4) is 0 Å². The number of ether oxygens (including phenoxy) is 1. The van der Waals surface area contributed by atoms with Crippen molar-refractivity contribution in [3.63, 3.8) is 0 Å². The van der Waals surface area contributed by atoms with E-state index in [1.54, 1.807) is 0 Å². The summed E-state index contributed by atoms with van der Waals surface area (Å²) in [4.78, 5) is 6.75. The summed E-state index contributed by atoms with van der Waals surface area (Å²) >= 11 is 0. The molecule has 1 atom stereocenters. The molecule has 1 aromatic heterocycles. The number of para-hydroxylation sites is 1. The number of benzene rings is 1. The molecule has 3 rings (SSSR count). The lowest BCUT2D eigenvalue weighted by molar-refractivity contribution is 0.188. The molecule has 0 saturated carbocycles. The molecule has 6 heteroatoms. The van der Waals surface area contributed by atoms with E-state index in [4.69, 9.17) is 10.5 Å². The van der Waals surface area contributed by atoms with E-state index in [1.807, 2.05) is 6.07 Å². The summed E-state index contributed by atoms with van der Waals surface area (Å²) in [7, 11) is 0. The summed E-state index contributed by atoms with van der Waals surface area (Å²) in [6, 6.07) is 8.37. The molecule has 1 aliphatic heterocycles. The second kappa shape index (κ2) is 7.66. The monoisotopic (exact) mass is 329 g/mol. The van der Waals surface area contributed by atoms with Gasteiger partial charge < -0.3 is 10.5 Å². The number of rotatable bonds is 6. The molecule has 1 fully saturated rings. The highest BCUT2D eigenvalue weighted by atomic mass is 16.5. The SMILES string of the molecule is CCC(C)Oc1ccccc1CN1CCC(c2nc(N)n[nH]2)CC1. The van der Waals surface area contributed by atoms with Crippen molar-refractivity contribution in [2.45, 2.75) is 51.7 Å². The van der Waals surface area contributed by atoms with E-state index in [-0.39, 0.29) is 6.10 Å². The van der Waals surface area contributed by atoms with Crippen LogP contribution in [-0.4, -0.2) is 39.3 Å². The van der Waals surface area contributed by atoms with Gasteiger partial charge in [0.15, 0.2) is 0 Å². The summed E-state index contributed by atoms with van der Waals surface area (Å²) in [5, 5.41) is 6.89. The summed E-state index contributed by atoms with van der Waals surface area (Å²) in [6.45, 7) is 7.28. The van der Waals surface area contributed by atoms with Crippen LogP contribution in [0.25, 0.3) is 0 Å². The Kier molecular flexibility index (Phi) is 5.35. The molecule has 1 aliphatic rings. The maximum atomic E-state index is 6.07. The van der Waals surface area contributed by atoms with Gasteiger partial charge in [0.1, 0.15) is 11.6 Å². The number of hydrogen-bond acceptors (Lipinski definition) is 5. The quantitative estimate of drug-likeness (QED) is 0.852. The van der Waals surface area contributed by atoms with E-state index >= 15 is 0 Å². The minimum atomic E-state index is 0.244. The predicted octanol–water partition coefficient (Wildman–Crippen LogP) is 2.94. The minimum Gasteiger partial charge on any atom is -0.490 e. The highest BCUT2D eigenvalue weighted by Crippen LogP contribution is 2.28. The number of aromatic amines is 1. The van der Waals surface area contributed by atoms with Gasteiger partial charge in [0.25, 0.3) is 0 Å². The van der Waals surface area contributed by atoms with Crippen LogP contribution >= 0.6 is 0 Å². The van der Waals surface area contributed by atoms with Crippen LogP contribution in [0, 0.1) is 0 Å². The van der Waals surface area contributed by atoms with Crippen LogP contribution in [0.5, 0.6) is 5.75 Å². The van der Waals surface area contributed by atoms with Crippen LogP contribution < -0.4 is 10.5 Å². The van der Waals surface area contributed by atoms with Crippen LogP contribution in [0.1, 0.15) is 50.4 Å². The van der Waals surface area contributed by atoms with Gasteiger partial charge in [-0.05, 0) is 45.3 Å². The maximum Gasteiger partial charge on any atom is 0.239 e. The van der Waals surface area contributed by atoms with Crippen molar-refractivity contribution >= 4 is 5.95 Å². The fourth-order valence-electron chi connectivity index (χ4n) is 3.13. The second-order valence-corrected chi connectivity index (χ2v) is 6.57. The van der Waals surface area contributed by atoms with Crippen LogP contribution in [0.15, 0.2) is 24.3 Å². The second-order valence-electron chi connectivity index (χ2n) is 6.57. The Morgan fingerprint density at radius 1 is 1.33 bits per heavy atom. The first-order chi connectivity index (χ1) is 11.7. The number of anilines is 1. The van der Waals surface area contributed by atoms with Crippen molar-refractivity contribution in [3.05, 3.63) is 35.7 Å². The lowest BCUT2D eigenvalue weighted by Crippen LogP contribution is -2.33. The summed E-state index contributed by atoms with van der Waals surface area (Å²) in [6.07, 6.45) is 3.40. The molecule has 0 spiro atoms. The molecular formula is C18H27N5O. The Bertz CT molecular complexity index is 648. The number of nitrogens with two attached hydrogens (primary N) is 1. The molecule has 2 aromatic rings. The fraction of sp³-hybridized carbons (Fsp3) is 0.556. The molecule has 0 aliphatic carbocycles. The van der Waals surface area contributed by atoms with E-state index in [0.29, 0.717) is 11.9 Å². The Balaban J connectivity index is 1.58. The summed E-state index contributed by atoms with van der Waals surface area (Å²) in [5.41, 5.74) is 6.87. The summed E-state index contributed by atoms with van der Waals surface area (Å²) in [5.74, 6) is 2.70. The van der Waals surface area contributed by atoms with E-state index in [0.717, 1.165) is 50.5 Å². The van der Waals surface area contributed by atoms with Crippen molar-refractivity contribution in [1.29, 1.82) is 0 Å². The third kappa shape index (κ3) is 4.06. The molecule has 3 N–H and O–H groups in total. The first-order valence-electron chi connectivity index (χ1n) is 8.80. The van der Waals surface area contributed by atoms with Gasteiger partial charge in [0, 0.05) is 18.0 Å². The fourth-order valence-corrected chi connectivity index (χ4v) is 3.13. The Hall–Kier alpha value is -2.08. The third-order valence-electron chi connectivity index (χ3n) is 4.76. The Morgan fingerprint density at radius 3 is 2.75 bits per heavy atom. The van der Waals surface area contributed by atoms with Crippen molar-refractivity contribution in [1.82, 2.24) is 20.1 Å². The van der Waals surface area contributed by atoms with Gasteiger partial charge in [-0.25, -0.2) is 0 Å². The number of nitrogens with zero attached hydrogens (tertiary/aromatic N) is 3. The molecule has 24 heavy (non-hydrogen) atoms. The topological polar surface area (TPSA) is 80.1 Å². The first-order valence-corrected chi connectivity index (χ1v) is 8.80. The zero-order valence-electron chi connectivity index (χ0n) is 14.5. The van der Waals surface area contributed by atoms with Crippen molar-refractivity contribution in [2.75, 3.05) is 18.8 Å². The number of likely N-dealkylation sites (tertiary alicyclic amines) is 1. The minimum absolute atomic E-state index is 0.244. The van der Waals surface area contributed by atoms with Gasteiger partial charge in [0.05, 0.1) is 6.10 Å². The standard InChI is InChI=1S/C18H27N5O/c1-3-13(2)24-16-7-5-4-6-15(16)12-23-10-8-14(9-11-23)17-20-18(19)22-21-17/h4-7,13-14H,3,8-12H2,1-2H3,(H3,19,20,21,22). The van der Waals surface area contributed by atoms with Crippen LogP contribution in [0.2, 0.25) is 0 Å². The maximum absolute atomic E-state index is 6.07. The van der Waals surface area contributed by atoms with Gasteiger partial charge in [0.2, 0.25) is 5.95 Å². The Morgan fingerprint density at radius 2 is 2.08 bits per heavy atom. The first kappa shape index (κ1) is 16.8. The van der Waals surface area contributed by atoms with Crippen molar-refractivity contribution in [2.24, 2.45) is 0 Å². The molecule has 0 amide bonds. The smallest absolute Gasteiger partial charge is 0.239 e. The molecule has 0 radical (unpaired) electrons. The average molecular weight is 329 g/mol. The van der Waals surface area contributed by atoms with Crippen LogP contribution in [-0.2, 0) is 6.54 Å². The number of hydrogen-bond donors (Lipinski definition) is 2.